The summed E-state index contributed by atoms with van der Waals surface area (Å²) in [6.45, 7) is 5.96. The fourth-order valence-electron chi connectivity index (χ4n) is 4.33. The van der Waals surface area contributed by atoms with Gasteiger partial charge in [-0.05, 0) is 79.9 Å². The first kappa shape index (κ1) is 23.0. The van der Waals surface area contributed by atoms with Gasteiger partial charge in [0.15, 0.2) is 5.78 Å². The number of carbonyl (C=O) groups is 1. The van der Waals surface area contributed by atoms with E-state index in [1.807, 2.05) is 48.5 Å². The Morgan fingerprint density at radius 3 is 2.55 bits per heavy atom. The van der Waals surface area contributed by atoms with Gasteiger partial charge in [-0.25, -0.2) is 0 Å². The largest absolute Gasteiger partial charge is 0.497 e. The molecule has 4 rings (SSSR count). The van der Waals surface area contributed by atoms with E-state index in [1.165, 1.54) is 5.56 Å². The Hall–Kier alpha value is -3.13. The molecule has 1 fully saturated rings. The molecule has 4 nitrogen and oxygen atoms in total. The average Bonchev–Trinajstić information content (AvgIpc) is 2.82. The molecule has 1 N–H and O–H groups in total. The van der Waals surface area contributed by atoms with Gasteiger partial charge in [-0.2, -0.15) is 0 Å². The molecule has 0 amide bonds. The van der Waals surface area contributed by atoms with Crippen LogP contribution in [0.5, 0.6) is 5.75 Å². The van der Waals surface area contributed by atoms with Crippen LogP contribution >= 0.6 is 0 Å². The lowest BCUT2D eigenvalue weighted by molar-refractivity contribution is 0.0811. The number of likely N-dealkylation sites (tertiary alicyclic amines) is 1. The lowest BCUT2D eigenvalue weighted by Gasteiger charge is -2.32. The Morgan fingerprint density at radius 2 is 1.82 bits per heavy atom. The van der Waals surface area contributed by atoms with Gasteiger partial charge in [0.2, 0.25) is 0 Å². The number of fused-ring (bicyclic) bond motifs is 1. The van der Waals surface area contributed by atoms with E-state index >= 15 is 0 Å². The predicted molar refractivity (Wildman–Crippen MR) is 132 cm³/mol. The van der Waals surface area contributed by atoms with Gasteiger partial charge < -0.3 is 9.84 Å². The molecular weight excluding hydrogens is 410 g/mol. The number of carbonyl (C=O) groups excluding carboxylic acids is 1. The van der Waals surface area contributed by atoms with Crippen molar-refractivity contribution in [3.63, 3.8) is 0 Å². The number of ketones is 1. The topological polar surface area (TPSA) is 49.8 Å². The van der Waals surface area contributed by atoms with Crippen LogP contribution in [-0.4, -0.2) is 41.6 Å². The summed E-state index contributed by atoms with van der Waals surface area (Å²) >= 11 is 0. The molecule has 1 heterocycles. The summed E-state index contributed by atoms with van der Waals surface area (Å²) in [5.41, 5.74) is 1.89. The van der Waals surface area contributed by atoms with Crippen LogP contribution in [0.15, 0.2) is 60.7 Å². The van der Waals surface area contributed by atoms with Crippen molar-refractivity contribution in [1.82, 2.24) is 4.90 Å². The molecule has 1 atom stereocenters. The molecule has 0 bridgehead atoms. The summed E-state index contributed by atoms with van der Waals surface area (Å²) in [6.07, 6.45) is 1.96. The summed E-state index contributed by atoms with van der Waals surface area (Å²) in [4.78, 5) is 15.6. The van der Waals surface area contributed by atoms with Crippen molar-refractivity contribution in [3.8, 4) is 17.6 Å². The first-order valence-electron chi connectivity index (χ1n) is 11.5. The standard InChI is InChI=1S/C29H31NO3/c1-29(2,32)15-14-21-6-8-22(9-7-21)19-30-16-4-5-26(20-30)28(31)25-11-10-24-18-27(33-3)13-12-23(24)17-25/h6-13,17-18,26,32H,4-5,16,19-20H2,1-3H3. The Labute approximate surface area is 196 Å². The second-order valence-electron chi connectivity index (χ2n) is 9.37. The van der Waals surface area contributed by atoms with Crippen LogP contribution in [0.3, 0.4) is 0 Å². The highest BCUT2D eigenvalue weighted by molar-refractivity contribution is 6.01. The van der Waals surface area contributed by atoms with E-state index in [2.05, 4.69) is 28.9 Å². The third-order valence-electron chi connectivity index (χ3n) is 6.08. The van der Waals surface area contributed by atoms with Gasteiger partial charge in [-0.3, -0.25) is 9.69 Å². The minimum atomic E-state index is -0.994. The molecule has 0 aliphatic carbocycles. The number of Topliss-reactive ketones (excluding diaryl/α,β-unsaturated/α-hetero) is 1. The number of benzene rings is 3. The van der Waals surface area contributed by atoms with Gasteiger partial charge in [-0.1, -0.05) is 42.2 Å². The summed E-state index contributed by atoms with van der Waals surface area (Å²) in [5.74, 6) is 6.92. The van der Waals surface area contributed by atoms with Crippen molar-refractivity contribution in [2.45, 2.75) is 38.8 Å². The number of hydrogen-bond acceptors (Lipinski definition) is 4. The molecule has 3 aromatic carbocycles. The zero-order chi connectivity index (χ0) is 23.4. The maximum Gasteiger partial charge on any atom is 0.167 e. The molecule has 1 aliphatic rings. The molecular formula is C29H31NO3. The molecule has 1 unspecified atom stereocenters. The van der Waals surface area contributed by atoms with Crippen molar-refractivity contribution >= 4 is 16.6 Å². The Balaban J connectivity index is 1.41. The molecule has 0 aromatic heterocycles. The normalized spacial score (nSPS) is 16.8. The molecule has 170 valence electrons. The van der Waals surface area contributed by atoms with Crippen LogP contribution in [0, 0.1) is 17.8 Å². The van der Waals surface area contributed by atoms with Gasteiger partial charge in [0.25, 0.3) is 0 Å². The third-order valence-corrected chi connectivity index (χ3v) is 6.08. The van der Waals surface area contributed by atoms with Crippen molar-refractivity contribution in [2.24, 2.45) is 5.92 Å². The molecule has 0 spiro atoms. The van der Waals surface area contributed by atoms with E-state index in [0.717, 1.165) is 60.1 Å². The van der Waals surface area contributed by atoms with E-state index in [9.17, 15) is 9.90 Å². The van der Waals surface area contributed by atoms with Crippen LogP contribution in [0.25, 0.3) is 10.8 Å². The van der Waals surface area contributed by atoms with Crippen molar-refractivity contribution in [2.75, 3.05) is 20.2 Å². The second-order valence-corrected chi connectivity index (χ2v) is 9.37. The molecule has 0 saturated carbocycles. The Bertz CT molecular complexity index is 1200. The van der Waals surface area contributed by atoms with E-state index in [4.69, 9.17) is 4.74 Å². The maximum atomic E-state index is 13.3. The number of ether oxygens (including phenoxy) is 1. The first-order chi connectivity index (χ1) is 15.8. The summed E-state index contributed by atoms with van der Waals surface area (Å²) in [5, 5.41) is 11.9. The highest BCUT2D eigenvalue weighted by Gasteiger charge is 2.26. The van der Waals surface area contributed by atoms with E-state index in [-0.39, 0.29) is 11.7 Å². The van der Waals surface area contributed by atoms with Crippen LogP contribution in [0.2, 0.25) is 0 Å². The highest BCUT2D eigenvalue weighted by Crippen LogP contribution is 2.26. The average molecular weight is 442 g/mol. The fourth-order valence-corrected chi connectivity index (χ4v) is 4.33. The van der Waals surface area contributed by atoms with Gasteiger partial charge in [0.1, 0.15) is 11.4 Å². The van der Waals surface area contributed by atoms with Crippen LogP contribution in [0.4, 0.5) is 0 Å². The first-order valence-corrected chi connectivity index (χ1v) is 11.5. The van der Waals surface area contributed by atoms with Crippen molar-refractivity contribution in [1.29, 1.82) is 0 Å². The molecule has 1 aliphatic heterocycles. The minimum absolute atomic E-state index is 0.0198. The van der Waals surface area contributed by atoms with Gasteiger partial charge in [0, 0.05) is 30.1 Å². The molecule has 3 aromatic rings. The van der Waals surface area contributed by atoms with E-state index < -0.39 is 5.60 Å². The van der Waals surface area contributed by atoms with Crippen LogP contribution in [-0.2, 0) is 6.54 Å². The fraction of sp³-hybridized carbons (Fsp3) is 0.345. The van der Waals surface area contributed by atoms with E-state index in [1.54, 1.807) is 21.0 Å². The number of piperidine rings is 1. The quantitative estimate of drug-likeness (QED) is 0.444. The predicted octanol–water partition coefficient (Wildman–Crippen LogP) is 5.07. The minimum Gasteiger partial charge on any atom is -0.497 e. The Kier molecular flexibility index (Phi) is 6.83. The smallest absolute Gasteiger partial charge is 0.167 e. The second kappa shape index (κ2) is 9.79. The van der Waals surface area contributed by atoms with Gasteiger partial charge in [0.05, 0.1) is 7.11 Å². The molecule has 33 heavy (non-hydrogen) atoms. The lowest BCUT2D eigenvalue weighted by Crippen LogP contribution is -2.38. The summed E-state index contributed by atoms with van der Waals surface area (Å²) < 4.78 is 5.30. The number of rotatable bonds is 5. The lowest BCUT2D eigenvalue weighted by atomic mass is 9.89. The zero-order valence-corrected chi connectivity index (χ0v) is 19.6. The molecule has 0 radical (unpaired) electrons. The monoisotopic (exact) mass is 441 g/mol. The maximum absolute atomic E-state index is 13.3. The van der Waals surface area contributed by atoms with E-state index in [0.29, 0.717) is 0 Å². The molecule has 1 saturated heterocycles. The number of aliphatic hydroxyl groups is 1. The summed E-state index contributed by atoms with van der Waals surface area (Å²) in [6, 6.07) is 20.0. The van der Waals surface area contributed by atoms with Crippen LogP contribution < -0.4 is 4.74 Å². The Morgan fingerprint density at radius 1 is 1.09 bits per heavy atom. The van der Waals surface area contributed by atoms with Gasteiger partial charge >= 0.3 is 0 Å². The number of hydrogen-bond donors (Lipinski definition) is 1. The highest BCUT2D eigenvalue weighted by atomic mass is 16.5. The summed E-state index contributed by atoms with van der Waals surface area (Å²) in [7, 11) is 1.66. The van der Waals surface area contributed by atoms with Crippen molar-refractivity contribution in [3.05, 3.63) is 77.4 Å². The van der Waals surface area contributed by atoms with Crippen LogP contribution in [0.1, 0.15) is 48.2 Å². The van der Waals surface area contributed by atoms with Gasteiger partial charge in [-0.15, -0.1) is 0 Å². The number of nitrogens with zero attached hydrogens (tertiary/aromatic N) is 1. The SMILES string of the molecule is COc1ccc2cc(C(=O)C3CCCN(Cc4ccc(C#CC(C)(C)O)cc4)C3)ccc2c1. The molecule has 4 heteroatoms. The van der Waals surface area contributed by atoms with Crippen molar-refractivity contribution < 1.29 is 14.6 Å². The zero-order valence-electron chi connectivity index (χ0n) is 19.6. The third kappa shape index (κ3) is 6.01. The number of methoxy groups -OCH3 is 1.